The lowest BCUT2D eigenvalue weighted by atomic mass is 9.96. The van der Waals surface area contributed by atoms with Gasteiger partial charge in [0.25, 0.3) is 0 Å². The summed E-state index contributed by atoms with van der Waals surface area (Å²) in [4.78, 5) is 3.92. The molecule has 0 amide bonds. The van der Waals surface area contributed by atoms with Crippen LogP contribution in [0.1, 0.15) is 18.4 Å². The zero-order valence-electron chi connectivity index (χ0n) is 7.07. The van der Waals surface area contributed by atoms with E-state index in [1.165, 1.54) is 6.21 Å². The lowest BCUT2D eigenvalue weighted by Crippen LogP contribution is -2.27. The molecule has 1 aromatic heterocycles. The number of nitrogens with two attached hydrogens (primary N) is 1. The molecule has 12 heavy (non-hydrogen) atoms. The lowest BCUT2D eigenvalue weighted by Gasteiger charge is -2.14. The Bertz CT molecular complexity index is 245. The average Bonchev–Trinajstić information content (AvgIpc) is 2.17. The molecule has 0 saturated heterocycles. The predicted molar refractivity (Wildman–Crippen MR) is 49.4 cm³/mol. The van der Waals surface area contributed by atoms with Gasteiger partial charge in [0.1, 0.15) is 0 Å². The molecule has 0 bridgehead atoms. The number of hydrogen-bond donors (Lipinski definition) is 2. The predicted octanol–water partition coefficient (Wildman–Crippen LogP) is 1.16. The molecule has 2 unspecified atom stereocenters. The molecule has 0 aliphatic carbocycles. The minimum atomic E-state index is -0.201. The molecule has 0 fully saturated rings. The molecule has 64 valence electrons. The van der Waals surface area contributed by atoms with E-state index < -0.39 is 0 Å². The van der Waals surface area contributed by atoms with Gasteiger partial charge in [0.15, 0.2) is 0 Å². The van der Waals surface area contributed by atoms with Crippen LogP contribution in [0.5, 0.6) is 0 Å². The van der Waals surface area contributed by atoms with E-state index in [0.717, 1.165) is 5.56 Å². The minimum Gasteiger partial charge on any atom is -0.323 e. The molecule has 1 heterocycles. The van der Waals surface area contributed by atoms with Gasteiger partial charge in [0, 0.05) is 30.6 Å². The highest BCUT2D eigenvalue weighted by Crippen LogP contribution is 2.15. The van der Waals surface area contributed by atoms with E-state index in [1.54, 1.807) is 12.4 Å². The Morgan fingerprint density at radius 3 is 2.58 bits per heavy atom. The molecule has 0 aliphatic rings. The van der Waals surface area contributed by atoms with Crippen LogP contribution in [-0.2, 0) is 0 Å². The lowest BCUT2D eigenvalue weighted by molar-refractivity contribution is 0.698. The summed E-state index contributed by atoms with van der Waals surface area (Å²) in [5, 5.41) is 7.02. The monoisotopic (exact) mass is 163 g/mol. The van der Waals surface area contributed by atoms with Crippen LogP contribution in [0, 0.1) is 5.41 Å². The van der Waals surface area contributed by atoms with Gasteiger partial charge in [-0.3, -0.25) is 4.98 Å². The van der Waals surface area contributed by atoms with E-state index in [1.807, 2.05) is 19.1 Å². The van der Waals surface area contributed by atoms with Gasteiger partial charge in [-0.1, -0.05) is 6.92 Å². The normalized spacial score (nSPS) is 15.2. The van der Waals surface area contributed by atoms with Gasteiger partial charge in [0.2, 0.25) is 0 Å². The van der Waals surface area contributed by atoms with Crippen molar-refractivity contribution in [3.63, 3.8) is 0 Å². The number of pyridine rings is 1. The zero-order chi connectivity index (χ0) is 8.97. The first-order chi connectivity index (χ1) is 5.75. The fourth-order valence-electron chi connectivity index (χ4n) is 1.03. The molecular weight excluding hydrogens is 150 g/mol. The Balaban J connectivity index is 2.78. The second-order valence-electron chi connectivity index (χ2n) is 2.81. The summed E-state index contributed by atoms with van der Waals surface area (Å²) in [6.45, 7) is 2.00. The molecule has 1 rings (SSSR count). The van der Waals surface area contributed by atoms with Crippen molar-refractivity contribution in [1.82, 2.24) is 4.98 Å². The van der Waals surface area contributed by atoms with E-state index in [4.69, 9.17) is 11.1 Å². The maximum absolute atomic E-state index is 7.02. The van der Waals surface area contributed by atoms with E-state index in [-0.39, 0.29) is 12.0 Å². The summed E-state index contributed by atoms with van der Waals surface area (Å²) in [5.41, 5.74) is 6.81. The van der Waals surface area contributed by atoms with Crippen molar-refractivity contribution in [1.29, 1.82) is 5.41 Å². The molecule has 3 nitrogen and oxygen atoms in total. The highest BCUT2D eigenvalue weighted by molar-refractivity contribution is 5.62. The van der Waals surface area contributed by atoms with Gasteiger partial charge in [-0.15, -0.1) is 0 Å². The number of hydrogen-bond acceptors (Lipinski definition) is 3. The van der Waals surface area contributed by atoms with Crippen molar-refractivity contribution in [3.05, 3.63) is 30.1 Å². The van der Waals surface area contributed by atoms with Crippen LogP contribution in [-0.4, -0.2) is 17.2 Å². The van der Waals surface area contributed by atoms with Gasteiger partial charge >= 0.3 is 0 Å². The van der Waals surface area contributed by atoms with E-state index in [0.29, 0.717) is 0 Å². The topological polar surface area (TPSA) is 62.8 Å². The van der Waals surface area contributed by atoms with Crippen LogP contribution >= 0.6 is 0 Å². The SMILES string of the molecule is CC(c1ccncc1)C(N)C=N. The Kier molecular flexibility index (Phi) is 2.94. The molecule has 0 spiro atoms. The summed E-state index contributed by atoms with van der Waals surface area (Å²) in [6.07, 6.45) is 4.75. The van der Waals surface area contributed by atoms with Crippen LogP contribution in [0.4, 0.5) is 0 Å². The van der Waals surface area contributed by atoms with Crippen molar-refractivity contribution in [3.8, 4) is 0 Å². The first-order valence-corrected chi connectivity index (χ1v) is 3.92. The molecule has 3 N–H and O–H groups in total. The molecule has 1 aromatic rings. The first-order valence-electron chi connectivity index (χ1n) is 3.92. The van der Waals surface area contributed by atoms with Crippen LogP contribution in [0.2, 0.25) is 0 Å². The van der Waals surface area contributed by atoms with Gasteiger partial charge in [-0.05, 0) is 17.7 Å². The summed E-state index contributed by atoms with van der Waals surface area (Å²) in [7, 11) is 0. The first kappa shape index (κ1) is 8.87. The quantitative estimate of drug-likeness (QED) is 0.657. The standard InChI is InChI=1S/C9H13N3/c1-7(9(11)6-10)8-2-4-12-5-3-8/h2-7,9-10H,11H2,1H3. The number of nitrogens with one attached hydrogen (secondary N) is 1. The Morgan fingerprint density at radius 1 is 1.50 bits per heavy atom. The molecule has 0 saturated carbocycles. The number of aromatic nitrogens is 1. The third kappa shape index (κ3) is 1.89. The fourth-order valence-corrected chi connectivity index (χ4v) is 1.03. The van der Waals surface area contributed by atoms with Crippen LogP contribution in [0.15, 0.2) is 24.5 Å². The van der Waals surface area contributed by atoms with Crippen molar-refractivity contribution in [2.24, 2.45) is 5.73 Å². The number of rotatable bonds is 3. The Labute approximate surface area is 72.1 Å². The zero-order valence-corrected chi connectivity index (χ0v) is 7.07. The summed E-state index contributed by atoms with van der Waals surface area (Å²) in [6, 6.07) is 3.65. The second-order valence-corrected chi connectivity index (χ2v) is 2.81. The maximum atomic E-state index is 7.02. The van der Waals surface area contributed by atoms with Crippen molar-refractivity contribution in [2.45, 2.75) is 18.9 Å². The fraction of sp³-hybridized carbons (Fsp3) is 0.333. The summed E-state index contributed by atoms with van der Waals surface area (Å²) >= 11 is 0. The molecule has 2 atom stereocenters. The van der Waals surface area contributed by atoms with Crippen molar-refractivity contribution >= 4 is 6.21 Å². The largest absolute Gasteiger partial charge is 0.323 e. The van der Waals surface area contributed by atoms with Gasteiger partial charge < -0.3 is 11.1 Å². The van der Waals surface area contributed by atoms with Gasteiger partial charge in [0.05, 0.1) is 0 Å². The minimum absolute atomic E-state index is 0.186. The molecule has 0 radical (unpaired) electrons. The van der Waals surface area contributed by atoms with Crippen molar-refractivity contribution < 1.29 is 0 Å². The highest BCUT2D eigenvalue weighted by atomic mass is 14.7. The third-order valence-corrected chi connectivity index (χ3v) is 2.00. The van der Waals surface area contributed by atoms with E-state index >= 15 is 0 Å². The molecule has 3 heteroatoms. The number of nitrogens with zero attached hydrogens (tertiary/aromatic N) is 1. The maximum Gasteiger partial charge on any atom is 0.0459 e. The summed E-state index contributed by atoms with van der Waals surface area (Å²) in [5.74, 6) is 0.186. The van der Waals surface area contributed by atoms with Gasteiger partial charge in [-0.2, -0.15) is 0 Å². The smallest absolute Gasteiger partial charge is 0.0459 e. The Hall–Kier alpha value is -1.22. The van der Waals surface area contributed by atoms with Crippen LogP contribution in [0.25, 0.3) is 0 Å². The van der Waals surface area contributed by atoms with Crippen LogP contribution < -0.4 is 5.73 Å². The molecule has 0 aliphatic heterocycles. The van der Waals surface area contributed by atoms with Gasteiger partial charge in [-0.25, -0.2) is 0 Å². The van der Waals surface area contributed by atoms with E-state index in [9.17, 15) is 0 Å². The Morgan fingerprint density at radius 2 is 2.08 bits per heavy atom. The molecule has 0 aromatic carbocycles. The van der Waals surface area contributed by atoms with Crippen molar-refractivity contribution in [2.75, 3.05) is 0 Å². The highest BCUT2D eigenvalue weighted by Gasteiger charge is 2.11. The summed E-state index contributed by atoms with van der Waals surface area (Å²) < 4.78 is 0. The third-order valence-electron chi connectivity index (χ3n) is 2.00. The average molecular weight is 163 g/mol. The van der Waals surface area contributed by atoms with Crippen LogP contribution in [0.3, 0.4) is 0 Å². The molecular formula is C9H13N3. The van der Waals surface area contributed by atoms with E-state index in [2.05, 4.69) is 4.98 Å². The second kappa shape index (κ2) is 3.97.